The number of methoxy groups -OCH3 is 1. The molecular weight excluding hydrogens is 298 g/mol. The first-order valence-corrected chi connectivity index (χ1v) is 9.11. The highest BCUT2D eigenvalue weighted by molar-refractivity contribution is 7.09. The molecule has 1 amide bonds. The molecule has 0 unspecified atom stereocenters. The van der Waals surface area contributed by atoms with Gasteiger partial charge in [0, 0.05) is 19.0 Å². The van der Waals surface area contributed by atoms with E-state index in [0.717, 1.165) is 23.2 Å². The molecule has 0 spiro atoms. The lowest BCUT2D eigenvalue weighted by Crippen LogP contribution is -2.30. The highest BCUT2D eigenvalue weighted by Crippen LogP contribution is 2.29. The molecule has 0 radical (unpaired) electrons. The third kappa shape index (κ3) is 3.86. The molecule has 1 saturated heterocycles. The second kappa shape index (κ2) is 7.53. The smallest absolute Gasteiger partial charge is 0.235 e. The van der Waals surface area contributed by atoms with Crippen LogP contribution in [0.5, 0.6) is 0 Å². The van der Waals surface area contributed by atoms with E-state index < -0.39 is 0 Å². The van der Waals surface area contributed by atoms with Gasteiger partial charge in [-0.3, -0.25) is 9.69 Å². The third-order valence-corrected chi connectivity index (χ3v) is 5.52. The minimum atomic E-state index is -0.0575. The Hall–Kier alpha value is -0.980. The first-order chi connectivity index (χ1) is 10.8. The summed E-state index contributed by atoms with van der Waals surface area (Å²) < 4.78 is 5.13. The summed E-state index contributed by atoms with van der Waals surface area (Å²) in [5.74, 6) is 0.944. The molecule has 2 aliphatic rings. The van der Waals surface area contributed by atoms with Gasteiger partial charge >= 0.3 is 0 Å². The maximum atomic E-state index is 11.8. The fraction of sp³-hybridized carbons (Fsp3) is 0.750. The second-order valence-corrected chi connectivity index (χ2v) is 7.28. The summed E-state index contributed by atoms with van der Waals surface area (Å²) >= 11 is 1.60. The molecule has 1 N–H and O–H groups in total. The topological polar surface area (TPSA) is 54.5 Å². The number of amides is 1. The number of nitrogens with one attached hydrogen (secondary N) is 1. The normalized spacial score (nSPS) is 23.9. The van der Waals surface area contributed by atoms with Crippen LogP contribution in [-0.2, 0) is 16.1 Å². The minimum Gasteiger partial charge on any atom is -0.378 e. The van der Waals surface area contributed by atoms with Crippen molar-refractivity contribution in [3.8, 4) is 0 Å². The van der Waals surface area contributed by atoms with Crippen LogP contribution in [0.25, 0.3) is 0 Å². The Labute approximate surface area is 136 Å². The van der Waals surface area contributed by atoms with Crippen molar-refractivity contribution in [1.29, 1.82) is 0 Å². The van der Waals surface area contributed by atoms with Gasteiger partial charge in [0.25, 0.3) is 0 Å². The summed E-state index contributed by atoms with van der Waals surface area (Å²) in [7, 11) is 1.68. The van der Waals surface area contributed by atoms with Crippen LogP contribution in [0.1, 0.15) is 55.4 Å². The fourth-order valence-electron chi connectivity index (χ4n) is 3.50. The van der Waals surface area contributed by atoms with Crippen LogP contribution in [0.3, 0.4) is 0 Å². The van der Waals surface area contributed by atoms with E-state index >= 15 is 0 Å². The maximum Gasteiger partial charge on any atom is 0.235 e. The van der Waals surface area contributed by atoms with Crippen molar-refractivity contribution in [2.24, 2.45) is 5.92 Å². The van der Waals surface area contributed by atoms with Crippen LogP contribution in [0.4, 0.5) is 0 Å². The number of carbonyl (C=O) groups is 1. The largest absolute Gasteiger partial charge is 0.378 e. The Morgan fingerprint density at radius 3 is 3.00 bits per heavy atom. The molecule has 3 rings (SSSR count). The van der Waals surface area contributed by atoms with Gasteiger partial charge in [0.15, 0.2) is 0 Å². The standard InChI is InChI=1S/C16H25N3O2S/c1-21-10-15-17-13(11-22-15)16-18-14(20)9-19(16)8-7-12-5-3-2-4-6-12/h11-12,16H,2-10H2,1H3,(H,18,20)/t16-/m1/s1. The summed E-state index contributed by atoms with van der Waals surface area (Å²) in [5, 5.41) is 6.06. The van der Waals surface area contributed by atoms with E-state index in [-0.39, 0.29) is 12.1 Å². The molecule has 1 aliphatic heterocycles. The van der Waals surface area contributed by atoms with Crippen molar-refractivity contribution in [2.45, 2.75) is 51.3 Å². The van der Waals surface area contributed by atoms with E-state index in [1.165, 1.54) is 38.5 Å². The van der Waals surface area contributed by atoms with Gasteiger partial charge in [-0.2, -0.15) is 0 Å². The Morgan fingerprint density at radius 1 is 1.41 bits per heavy atom. The summed E-state index contributed by atoms with van der Waals surface area (Å²) in [6.07, 6.45) is 7.99. The number of carbonyl (C=O) groups excluding carboxylic acids is 1. The first-order valence-electron chi connectivity index (χ1n) is 8.23. The second-order valence-electron chi connectivity index (χ2n) is 6.33. The highest BCUT2D eigenvalue weighted by Gasteiger charge is 2.32. The van der Waals surface area contributed by atoms with E-state index in [0.29, 0.717) is 13.2 Å². The van der Waals surface area contributed by atoms with Gasteiger partial charge in [0.1, 0.15) is 11.2 Å². The predicted octanol–water partition coefficient (Wildman–Crippen LogP) is 2.69. The lowest BCUT2D eigenvalue weighted by Gasteiger charge is -2.26. The monoisotopic (exact) mass is 323 g/mol. The van der Waals surface area contributed by atoms with Crippen LogP contribution >= 0.6 is 11.3 Å². The van der Waals surface area contributed by atoms with Crippen molar-refractivity contribution >= 4 is 17.2 Å². The van der Waals surface area contributed by atoms with Crippen molar-refractivity contribution in [3.05, 3.63) is 16.1 Å². The molecule has 1 aliphatic carbocycles. The molecule has 122 valence electrons. The van der Waals surface area contributed by atoms with Crippen molar-refractivity contribution < 1.29 is 9.53 Å². The minimum absolute atomic E-state index is 0.0575. The summed E-state index contributed by atoms with van der Waals surface area (Å²) in [5.41, 5.74) is 0.951. The van der Waals surface area contributed by atoms with Crippen molar-refractivity contribution in [1.82, 2.24) is 15.2 Å². The number of ether oxygens (including phenoxy) is 1. The average molecular weight is 323 g/mol. The van der Waals surface area contributed by atoms with Gasteiger partial charge in [-0.15, -0.1) is 11.3 Å². The van der Waals surface area contributed by atoms with Gasteiger partial charge in [0.05, 0.1) is 18.8 Å². The Kier molecular flexibility index (Phi) is 5.44. The molecule has 1 saturated carbocycles. The Balaban J connectivity index is 1.59. The van der Waals surface area contributed by atoms with Crippen molar-refractivity contribution in [3.63, 3.8) is 0 Å². The highest BCUT2D eigenvalue weighted by atomic mass is 32.1. The Bertz CT molecular complexity index is 499. The van der Waals surface area contributed by atoms with E-state index in [9.17, 15) is 4.79 Å². The van der Waals surface area contributed by atoms with Crippen molar-refractivity contribution in [2.75, 3.05) is 20.2 Å². The zero-order valence-electron chi connectivity index (χ0n) is 13.2. The van der Waals surface area contributed by atoms with Crippen LogP contribution in [0, 0.1) is 5.92 Å². The lowest BCUT2D eigenvalue weighted by atomic mass is 9.87. The number of hydrogen-bond donors (Lipinski definition) is 1. The fourth-order valence-corrected chi connectivity index (χ4v) is 4.28. The number of aromatic nitrogens is 1. The molecule has 1 aromatic rings. The van der Waals surface area contributed by atoms with Gasteiger partial charge < -0.3 is 10.1 Å². The molecule has 0 bridgehead atoms. The van der Waals surface area contributed by atoms with Crippen LogP contribution in [-0.4, -0.2) is 36.0 Å². The summed E-state index contributed by atoms with van der Waals surface area (Å²) in [6.45, 7) is 2.01. The number of hydrogen-bond acceptors (Lipinski definition) is 5. The maximum absolute atomic E-state index is 11.8. The van der Waals surface area contributed by atoms with E-state index in [1.54, 1.807) is 18.4 Å². The molecule has 5 nitrogen and oxygen atoms in total. The van der Waals surface area contributed by atoms with Crippen LogP contribution in [0.2, 0.25) is 0 Å². The SMILES string of the molecule is COCc1nc([C@@H]2NC(=O)CN2CCC2CCCCC2)cs1. The van der Waals surface area contributed by atoms with E-state index in [4.69, 9.17) is 4.74 Å². The number of rotatable bonds is 6. The van der Waals surface area contributed by atoms with E-state index in [1.807, 2.05) is 5.38 Å². The molecule has 1 aromatic heterocycles. The quantitative estimate of drug-likeness (QED) is 0.874. The van der Waals surface area contributed by atoms with Gasteiger partial charge in [-0.05, 0) is 12.3 Å². The number of thiazole rings is 1. The number of nitrogens with zero attached hydrogens (tertiary/aromatic N) is 2. The van der Waals surface area contributed by atoms with E-state index in [2.05, 4.69) is 15.2 Å². The average Bonchev–Trinajstić information content (AvgIpc) is 3.13. The van der Waals surface area contributed by atoms with Crippen LogP contribution < -0.4 is 5.32 Å². The summed E-state index contributed by atoms with van der Waals surface area (Å²) in [4.78, 5) is 18.7. The molecule has 2 fully saturated rings. The van der Waals surface area contributed by atoms with Gasteiger partial charge in [-0.25, -0.2) is 4.98 Å². The van der Waals surface area contributed by atoms with Crippen LogP contribution in [0.15, 0.2) is 5.38 Å². The zero-order chi connectivity index (χ0) is 15.4. The molecule has 1 atom stereocenters. The lowest BCUT2D eigenvalue weighted by molar-refractivity contribution is -0.118. The molecule has 22 heavy (non-hydrogen) atoms. The Morgan fingerprint density at radius 2 is 2.23 bits per heavy atom. The molecule has 0 aromatic carbocycles. The molecule has 2 heterocycles. The summed E-state index contributed by atoms with van der Waals surface area (Å²) in [6, 6.07) is 0. The molecule has 6 heteroatoms. The van der Waals surface area contributed by atoms with Gasteiger partial charge in [-0.1, -0.05) is 32.1 Å². The molecular formula is C16H25N3O2S. The first kappa shape index (κ1) is 15.9. The zero-order valence-corrected chi connectivity index (χ0v) is 14.0. The third-order valence-electron chi connectivity index (χ3n) is 4.68. The predicted molar refractivity (Wildman–Crippen MR) is 86.5 cm³/mol. The van der Waals surface area contributed by atoms with Gasteiger partial charge in [0.2, 0.25) is 5.91 Å².